The molecule has 3 aromatic carbocycles. The number of benzene rings is 3. The number of anilines is 2. The molecule has 0 spiro atoms. The largest absolute Gasteiger partial charge is 0.497 e. The molecular formula is C28H34N2O2. The van der Waals surface area contributed by atoms with Crippen LogP contribution in [-0.2, 0) is 6.54 Å². The van der Waals surface area contributed by atoms with E-state index in [9.17, 15) is 4.79 Å². The van der Waals surface area contributed by atoms with Crippen LogP contribution in [0.2, 0.25) is 0 Å². The molecule has 0 aliphatic carbocycles. The van der Waals surface area contributed by atoms with Crippen LogP contribution in [0.5, 0.6) is 5.75 Å². The third-order valence-corrected chi connectivity index (χ3v) is 5.70. The van der Waals surface area contributed by atoms with E-state index in [1.54, 1.807) is 12.0 Å². The van der Waals surface area contributed by atoms with Gasteiger partial charge >= 0.3 is 6.03 Å². The molecule has 0 saturated carbocycles. The Kier molecular flexibility index (Phi) is 7.57. The highest BCUT2D eigenvalue weighted by Crippen LogP contribution is 2.33. The molecule has 168 valence electrons. The third-order valence-electron chi connectivity index (χ3n) is 5.70. The van der Waals surface area contributed by atoms with Gasteiger partial charge in [-0.3, -0.25) is 4.90 Å². The second-order valence-corrected chi connectivity index (χ2v) is 8.82. The number of amides is 2. The number of methoxy groups -OCH3 is 1. The molecule has 32 heavy (non-hydrogen) atoms. The maximum Gasteiger partial charge on any atom is 0.326 e. The third kappa shape index (κ3) is 5.50. The van der Waals surface area contributed by atoms with Gasteiger partial charge in [-0.25, -0.2) is 4.79 Å². The van der Waals surface area contributed by atoms with E-state index in [0.29, 0.717) is 18.4 Å². The summed E-state index contributed by atoms with van der Waals surface area (Å²) in [5.74, 6) is 1.41. The quantitative estimate of drug-likeness (QED) is 0.422. The van der Waals surface area contributed by atoms with Gasteiger partial charge in [0.15, 0.2) is 0 Å². The molecule has 0 radical (unpaired) electrons. The van der Waals surface area contributed by atoms with Gasteiger partial charge in [-0.15, -0.1) is 0 Å². The van der Waals surface area contributed by atoms with Gasteiger partial charge in [-0.2, -0.15) is 0 Å². The summed E-state index contributed by atoms with van der Waals surface area (Å²) in [6.07, 6.45) is 0. The summed E-state index contributed by atoms with van der Waals surface area (Å²) in [7, 11) is 1.65. The number of urea groups is 1. The second-order valence-electron chi connectivity index (χ2n) is 8.82. The Morgan fingerprint density at radius 3 is 1.94 bits per heavy atom. The molecule has 0 fully saturated rings. The Labute approximate surface area is 192 Å². The molecule has 0 aromatic heterocycles. The Balaban J connectivity index is 1.98. The molecule has 0 aliphatic rings. The van der Waals surface area contributed by atoms with E-state index >= 15 is 0 Å². The van der Waals surface area contributed by atoms with E-state index in [-0.39, 0.29) is 6.03 Å². The maximum atomic E-state index is 13.7. The molecule has 3 rings (SSSR count). The topological polar surface area (TPSA) is 41.6 Å². The minimum absolute atomic E-state index is 0.139. The van der Waals surface area contributed by atoms with Crippen LogP contribution >= 0.6 is 0 Å². The monoisotopic (exact) mass is 430 g/mol. The first kappa shape index (κ1) is 23.4. The van der Waals surface area contributed by atoms with Gasteiger partial charge in [0.2, 0.25) is 0 Å². The molecule has 0 atom stereocenters. The molecule has 0 unspecified atom stereocenters. The van der Waals surface area contributed by atoms with Gasteiger partial charge in [0, 0.05) is 11.4 Å². The van der Waals surface area contributed by atoms with E-state index in [4.69, 9.17) is 4.74 Å². The number of hydrogen-bond acceptors (Lipinski definition) is 2. The minimum Gasteiger partial charge on any atom is -0.497 e. The molecule has 0 bridgehead atoms. The SMILES string of the molecule is COc1ccc(CN(C(=O)Nc2c(C(C)C)cccc2C(C)C)c2ccc(C)cc2)cc1. The number of nitrogens with zero attached hydrogens (tertiary/aromatic N) is 1. The van der Waals surface area contributed by atoms with Crippen molar-refractivity contribution in [3.05, 3.63) is 89.0 Å². The van der Waals surface area contributed by atoms with Crippen LogP contribution in [0.3, 0.4) is 0 Å². The normalized spacial score (nSPS) is 11.0. The summed E-state index contributed by atoms with van der Waals surface area (Å²) in [5.41, 5.74) is 6.27. The first-order valence-electron chi connectivity index (χ1n) is 11.2. The summed E-state index contributed by atoms with van der Waals surface area (Å²) in [6.45, 7) is 11.1. The lowest BCUT2D eigenvalue weighted by atomic mass is 9.93. The summed E-state index contributed by atoms with van der Waals surface area (Å²) in [4.78, 5) is 15.5. The van der Waals surface area contributed by atoms with E-state index < -0.39 is 0 Å². The summed E-state index contributed by atoms with van der Waals surface area (Å²) < 4.78 is 5.28. The summed E-state index contributed by atoms with van der Waals surface area (Å²) in [6, 6.07) is 22.0. The van der Waals surface area contributed by atoms with Crippen LogP contribution in [0.4, 0.5) is 16.2 Å². The van der Waals surface area contributed by atoms with Crippen molar-refractivity contribution in [3.8, 4) is 5.75 Å². The van der Waals surface area contributed by atoms with Crippen LogP contribution in [0.25, 0.3) is 0 Å². The Morgan fingerprint density at radius 1 is 0.875 bits per heavy atom. The maximum absolute atomic E-state index is 13.7. The highest BCUT2D eigenvalue weighted by molar-refractivity contribution is 6.02. The molecule has 0 heterocycles. The number of nitrogens with one attached hydrogen (secondary N) is 1. The molecule has 4 heteroatoms. The first-order chi connectivity index (χ1) is 15.3. The van der Waals surface area contributed by atoms with Gasteiger partial charge in [-0.05, 0) is 59.7 Å². The number of hydrogen-bond donors (Lipinski definition) is 1. The van der Waals surface area contributed by atoms with Crippen LogP contribution in [-0.4, -0.2) is 13.1 Å². The number of carbonyl (C=O) groups excluding carboxylic acids is 1. The van der Waals surface area contributed by atoms with Crippen LogP contribution in [0.15, 0.2) is 66.7 Å². The lowest BCUT2D eigenvalue weighted by Crippen LogP contribution is -2.35. The zero-order chi connectivity index (χ0) is 23.3. The minimum atomic E-state index is -0.139. The van der Waals surface area contributed by atoms with Crippen LogP contribution < -0.4 is 15.0 Å². The summed E-state index contributed by atoms with van der Waals surface area (Å²) >= 11 is 0. The van der Waals surface area contributed by atoms with Crippen molar-refractivity contribution < 1.29 is 9.53 Å². The fraction of sp³-hybridized carbons (Fsp3) is 0.321. The predicted octanol–water partition coefficient (Wildman–Crippen LogP) is 7.49. The van der Waals surface area contributed by atoms with Gasteiger partial charge < -0.3 is 10.1 Å². The average molecular weight is 431 g/mol. The molecule has 0 saturated heterocycles. The molecule has 1 N–H and O–H groups in total. The summed E-state index contributed by atoms with van der Waals surface area (Å²) in [5, 5.41) is 3.26. The number of ether oxygens (including phenoxy) is 1. The predicted molar refractivity (Wildman–Crippen MR) is 134 cm³/mol. The Hall–Kier alpha value is -3.27. The molecule has 0 aliphatic heterocycles. The van der Waals surface area contributed by atoms with Gasteiger partial charge in [0.05, 0.1) is 13.7 Å². The van der Waals surface area contributed by atoms with Crippen molar-refractivity contribution in [2.24, 2.45) is 0 Å². The second kappa shape index (κ2) is 10.4. The Morgan fingerprint density at radius 2 is 1.44 bits per heavy atom. The fourth-order valence-electron chi connectivity index (χ4n) is 3.79. The van der Waals surface area contributed by atoms with Crippen LogP contribution in [0.1, 0.15) is 61.8 Å². The Bertz CT molecular complexity index is 1010. The van der Waals surface area contributed by atoms with Crippen molar-refractivity contribution in [1.82, 2.24) is 0 Å². The van der Waals surface area contributed by atoms with Crippen LogP contribution in [0, 0.1) is 6.92 Å². The van der Waals surface area contributed by atoms with Gasteiger partial charge in [0.1, 0.15) is 5.75 Å². The van der Waals surface area contributed by atoms with E-state index in [1.165, 1.54) is 0 Å². The zero-order valence-corrected chi connectivity index (χ0v) is 20.0. The zero-order valence-electron chi connectivity index (χ0n) is 20.0. The van der Waals surface area contributed by atoms with Gasteiger partial charge in [0.25, 0.3) is 0 Å². The highest BCUT2D eigenvalue weighted by atomic mass is 16.5. The van der Waals surface area contributed by atoms with Crippen molar-refractivity contribution in [1.29, 1.82) is 0 Å². The standard InChI is InChI=1S/C28H34N2O2/c1-19(2)25-8-7-9-26(20(3)4)27(25)29-28(31)30(23-14-10-21(5)11-15-23)18-22-12-16-24(32-6)17-13-22/h7-17,19-20H,18H2,1-6H3,(H,29,31). The van der Waals surface area contributed by atoms with E-state index in [1.807, 2.05) is 55.5 Å². The van der Waals surface area contributed by atoms with Crippen molar-refractivity contribution >= 4 is 17.4 Å². The van der Waals surface area contributed by atoms with Crippen molar-refractivity contribution in [3.63, 3.8) is 0 Å². The highest BCUT2D eigenvalue weighted by Gasteiger charge is 2.21. The lowest BCUT2D eigenvalue weighted by molar-refractivity contribution is 0.256. The number of carbonyl (C=O) groups is 1. The molecule has 4 nitrogen and oxygen atoms in total. The number of para-hydroxylation sites is 1. The number of aryl methyl sites for hydroxylation is 1. The molecule has 2 amide bonds. The van der Waals surface area contributed by atoms with Crippen molar-refractivity contribution in [2.75, 3.05) is 17.3 Å². The molecular weight excluding hydrogens is 396 g/mol. The van der Waals surface area contributed by atoms with E-state index in [2.05, 4.69) is 51.2 Å². The van der Waals surface area contributed by atoms with E-state index in [0.717, 1.165) is 39.4 Å². The smallest absolute Gasteiger partial charge is 0.326 e. The lowest BCUT2D eigenvalue weighted by Gasteiger charge is -2.26. The fourth-order valence-corrected chi connectivity index (χ4v) is 3.79. The van der Waals surface area contributed by atoms with Gasteiger partial charge in [-0.1, -0.05) is 75.7 Å². The average Bonchev–Trinajstić information content (AvgIpc) is 2.78. The van der Waals surface area contributed by atoms with Crippen molar-refractivity contribution in [2.45, 2.75) is 53.0 Å². The number of rotatable bonds is 7. The molecule has 3 aromatic rings. The first-order valence-corrected chi connectivity index (χ1v) is 11.2.